The first-order valence-corrected chi connectivity index (χ1v) is 7.88. The van der Waals surface area contributed by atoms with E-state index in [1.54, 1.807) is 6.92 Å². The van der Waals surface area contributed by atoms with Gasteiger partial charge in [0, 0.05) is 18.2 Å². The number of hydrogen-bond donors (Lipinski definition) is 2. The van der Waals surface area contributed by atoms with Gasteiger partial charge in [0.2, 0.25) is 0 Å². The summed E-state index contributed by atoms with van der Waals surface area (Å²) in [6, 6.07) is 8.62. The van der Waals surface area contributed by atoms with Crippen LogP contribution in [0.2, 0.25) is 0 Å². The van der Waals surface area contributed by atoms with E-state index in [1.165, 1.54) is 36.4 Å². The van der Waals surface area contributed by atoms with Crippen LogP contribution >= 0.6 is 0 Å². The lowest BCUT2D eigenvalue weighted by atomic mass is 10.0. The maximum Gasteiger partial charge on any atom is 0.422 e. The molecule has 0 unspecified atom stereocenters. The monoisotopic (exact) mass is 393 g/mol. The lowest BCUT2D eigenvalue weighted by Crippen LogP contribution is -2.20. The summed E-state index contributed by atoms with van der Waals surface area (Å²) in [5.74, 6) is -0.777. The fourth-order valence-corrected chi connectivity index (χ4v) is 2.39. The molecule has 0 aromatic heterocycles. The van der Waals surface area contributed by atoms with E-state index in [-0.39, 0.29) is 17.9 Å². The zero-order valence-corrected chi connectivity index (χ0v) is 14.2. The Bertz CT molecular complexity index is 756. The number of rotatable bonds is 6. The van der Waals surface area contributed by atoms with E-state index in [4.69, 9.17) is 0 Å². The molecule has 0 saturated heterocycles. The van der Waals surface area contributed by atoms with E-state index >= 15 is 0 Å². The van der Waals surface area contributed by atoms with Gasteiger partial charge < -0.3 is 15.2 Å². The number of alkyl halides is 6. The molecular formula is C18H17F6NO2. The molecule has 3 nitrogen and oxygen atoms in total. The molecule has 0 heterocycles. The third-order valence-electron chi connectivity index (χ3n) is 3.78. The number of hydrogen-bond acceptors (Lipinski definition) is 3. The van der Waals surface area contributed by atoms with Crippen LogP contribution in [0.1, 0.15) is 29.7 Å². The normalized spacial score (nSPS) is 13.4. The van der Waals surface area contributed by atoms with E-state index in [0.29, 0.717) is 5.56 Å². The van der Waals surface area contributed by atoms with Crippen LogP contribution in [0.5, 0.6) is 11.5 Å². The average molecular weight is 393 g/mol. The van der Waals surface area contributed by atoms with Crippen molar-refractivity contribution in [3.63, 3.8) is 0 Å². The van der Waals surface area contributed by atoms with Gasteiger partial charge in [-0.1, -0.05) is 24.3 Å². The van der Waals surface area contributed by atoms with Crippen LogP contribution in [0.25, 0.3) is 0 Å². The summed E-state index contributed by atoms with van der Waals surface area (Å²) in [5, 5.41) is 12.8. The molecule has 27 heavy (non-hydrogen) atoms. The minimum atomic E-state index is -4.66. The Balaban J connectivity index is 1.99. The third-order valence-corrected chi connectivity index (χ3v) is 3.78. The molecule has 0 aliphatic heterocycles. The van der Waals surface area contributed by atoms with E-state index in [0.717, 1.165) is 6.07 Å². The maximum absolute atomic E-state index is 12.9. The standard InChI is InChI=1S/C18H17F6NO2/c1-11(14-3-2-4-15(16(14)26)18(22,23)24)25-9-12-5-7-13(8-6-12)27-10-17(19,20)21/h2-8,11,25-26H,9-10H2,1H3/t11-/m0/s1. The number of phenols is 1. The minimum absolute atomic E-state index is 0.0552. The number of halogens is 6. The highest BCUT2D eigenvalue weighted by Crippen LogP contribution is 2.39. The predicted octanol–water partition coefficient (Wildman–Crippen LogP) is 5.20. The molecular weight excluding hydrogens is 376 g/mol. The molecule has 148 valence electrons. The minimum Gasteiger partial charge on any atom is -0.507 e. The second kappa shape index (κ2) is 8.08. The second-order valence-electron chi connectivity index (χ2n) is 5.89. The van der Waals surface area contributed by atoms with E-state index in [2.05, 4.69) is 10.1 Å². The van der Waals surface area contributed by atoms with E-state index in [9.17, 15) is 31.4 Å². The Morgan fingerprint density at radius 1 is 1.00 bits per heavy atom. The molecule has 0 saturated carbocycles. The van der Waals surface area contributed by atoms with Crippen LogP contribution in [-0.2, 0) is 12.7 Å². The van der Waals surface area contributed by atoms with Crippen LogP contribution in [0.4, 0.5) is 26.3 Å². The highest BCUT2D eigenvalue weighted by atomic mass is 19.4. The van der Waals surface area contributed by atoms with Gasteiger partial charge in [-0.25, -0.2) is 0 Å². The molecule has 2 aromatic carbocycles. The van der Waals surface area contributed by atoms with Crippen molar-refractivity contribution in [1.82, 2.24) is 5.32 Å². The van der Waals surface area contributed by atoms with Gasteiger partial charge in [-0.15, -0.1) is 0 Å². The molecule has 0 bridgehead atoms. The molecule has 0 aliphatic carbocycles. The summed E-state index contributed by atoms with van der Waals surface area (Å²) in [6.45, 7) is 0.433. The molecule has 0 aliphatic rings. The van der Waals surface area contributed by atoms with Crippen LogP contribution in [0.15, 0.2) is 42.5 Å². The zero-order valence-electron chi connectivity index (χ0n) is 14.2. The first kappa shape index (κ1) is 20.9. The number of aromatic hydroxyl groups is 1. The van der Waals surface area contributed by atoms with Crippen molar-refractivity contribution >= 4 is 0 Å². The topological polar surface area (TPSA) is 41.5 Å². The molecule has 0 spiro atoms. The molecule has 2 aromatic rings. The molecule has 0 radical (unpaired) electrons. The number of para-hydroxylation sites is 1. The Morgan fingerprint density at radius 2 is 1.63 bits per heavy atom. The van der Waals surface area contributed by atoms with E-state index in [1.807, 2.05) is 0 Å². The van der Waals surface area contributed by atoms with Crippen molar-refractivity contribution in [2.75, 3.05) is 6.61 Å². The van der Waals surface area contributed by atoms with Gasteiger partial charge in [-0.2, -0.15) is 26.3 Å². The molecule has 0 fully saturated rings. The predicted molar refractivity (Wildman–Crippen MR) is 86.4 cm³/mol. The quantitative estimate of drug-likeness (QED) is 0.663. The lowest BCUT2D eigenvalue weighted by molar-refractivity contribution is -0.153. The summed E-state index contributed by atoms with van der Waals surface area (Å²) in [4.78, 5) is 0. The molecule has 2 rings (SSSR count). The van der Waals surface area contributed by atoms with Crippen molar-refractivity contribution < 1.29 is 36.2 Å². The zero-order chi connectivity index (χ0) is 20.2. The largest absolute Gasteiger partial charge is 0.507 e. The molecule has 9 heteroatoms. The molecule has 1 atom stereocenters. The Kier molecular flexibility index (Phi) is 6.25. The number of phenolic OH excluding ortho intramolecular Hbond substituents is 1. The fraction of sp³-hybridized carbons (Fsp3) is 0.333. The first-order valence-electron chi connectivity index (χ1n) is 7.88. The van der Waals surface area contributed by atoms with E-state index < -0.39 is 36.3 Å². The Morgan fingerprint density at radius 3 is 2.19 bits per heavy atom. The average Bonchev–Trinajstić information content (AvgIpc) is 2.57. The van der Waals surface area contributed by atoms with Gasteiger partial charge in [0.25, 0.3) is 0 Å². The van der Waals surface area contributed by atoms with Gasteiger partial charge in [0.05, 0.1) is 5.56 Å². The van der Waals surface area contributed by atoms with Gasteiger partial charge in [0.15, 0.2) is 6.61 Å². The van der Waals surface area contributed by atoms with Crippen LogP contribution in [0, 0.1) is 0 Å². The first-order chi connectivity index (χ1) is 12.5. The van der Waals surface area contributed by atoms with Gasteiger partial charge in [-0.05, 0) is 30.7 Å². The van der Waals surface area contributed by atoms with Gasteiger partial charge >= 0.3 is 12.4 Å². The summed E-state index contributed by atoms with van der Waals surface area (Å²) < 4.78 is 79.5. The molecule has 0 amide bonds. The van der Waals surface area contributed by atoms with Gasteiger partial charge in [0.1, 0.15) is 11.5 Å². The summed E-state index contributed by atoms with van der Waals surface area (Å²) in [6.07, 6.45) is -9.09. The van der Waals surface area contributed by atoms with Crippen LogP contribution < -0.4 is 10.1 Å². The SMILES string of the molecule is C[C@H](NCc1ccc(OCC(F)(F)F)cc1)c1cccc(C(F)(F)F)c1O. The summed E-state index contributed by atoms with van der Waals surface area (Å²) in [7, 11) is 0. The Hall–Kier alpha value is -2.42. The second-order valence-corrected chi connectivity index (χ2v) is 5.89. The maximum atomic E-state index is 12.9. The van der Waals surface area contributed by atoms with Crippen LogP contribution in [-0.4, -0.2) is 17.9 Å². The lowest BCUT2D eigenvalue weighted by Gasteiger charge is -2.18. The highest BCUT2D eigenvalue weighted by molar-refractivity contribution is 5.43. The number of nitrogens with one attached hydrogen (secondary N) is 1. The van der Waals surface area contributed by atoms with Crippen molar-refractivity contribution in [3.05, 3.63) is 59.2 Å². The summed E-state index contributed by atoms with van der Waals surface area (Å²) in [5.41, 5.74) is -0.331. The van der Waals surface area contributed by atoms with Gasteiger partial charge in [-0.3, -0.25) is 0 Å². The summed E-state index contributed by atoms with van der Waals surface area (Å²) >= 11 is 0. The number of benzene rings is 2. The molecule has 2 N–H and O–H groups in total. The van der Waals surface area contributed by atoms with Crippen molar-refractivity contribution in [2.24, 2.45) is 0 Å². The smallest absolute Gasteiger partial charge is 0.422 e. The number of ether oxygens (including phenoxy) is 1. The third kappa shape index (κ3) is 6.06. The fourth-order valence-electron chi connectivity index (χ4n) is 2.39. The highest BCUT2D eigenvalue weighted by Gasteiger charge is 2.35. The van der Waals surface area contributed by atoms with Crippen molar-refractivity contribution in [2.45, 2.75) is 31.9 Å². The Labute approximate surface area is 151 Å². The van der Waals surface area contributed by atoms with Crippen molar-refractivity contribution in [3.8, 4) is 11.5 Å². The van der Waals surface area contributed by atoms with Crippen LogP contribution in [0.3, 0.4) is 0 Å². The van der Waals surface area contributed by atoms with Crippen molar-refractivity contribution in [1.29, 1.82) is 0 Å².